The average molecular weight is 488 g/mol. The number of carboxylic acid groups (broad SMARTS) is 1. The standard InChI is InChI=1S/C31H37NO4/c1-4-22-12-17-28-25(20-22)14-13-24-8-6-7-9-27(24)30(28)32(3)18-19-36-26-15-10-23(11-16-26)21-29(31(33)34)35-5-2/h6-12,15-17,20,29-30H,4-5,13-14,18-19,21H2,1-3H3,(H,33,34). The first kappa shape index (κ1) is 25.9. The largest absolute Gasteiger partial charge is 0.492 e. The Bertz CT molecular complexity index is 1160. The summed E-state index contributed by atoms with van der Waals surface area (Å²) in [7, 11) is 2.18. The van der Waals surface area contributed by atoms with Crippen molar-refractivity contribution in [1.29, 1.82) is 0 Å². The van der Waals surface area contributed by atoms with E-state index >= 15 is 0 Å². The lowest BCUT2D eigenvalue weighted by atomic mass is 9.92. The first-order valence-electron chi connectivity index (χ1n) is 13.0. The minimum atomic E-state index is -0.937. The number of nitrogens with zero attached hydrogens (tertiary/aromatic N) is 1. The molecule has 0 radical (unpaired) electrons. The van der Waals surface area contributed by atoms with Gasteiger partial charge in [0, 0.05) is 19.6 Å². The minimum Gasteiger partial charge on any atom is -0.492 e. The number of ether oxygens (including phenoxy) is 2. The number of aryl methyl sites for hydroxylation is 3. The van der Waals surface area contributed by atoms with E-state index in [-0.39, 0.29) is 6.04 Å². The van der Waals surface area contributed by atoms with Crippen molar-refractivity contribution in [3.05, 3.63) is 100 Å². The highest BCUT2D eigenvalue weighted by Crippen LogP contribution is 2.36. The van der Waals surface area contributed by atoms with Crippen molar-refractivity contribution in [2.45, 2.75) is 51.7 Å². The van der Waals surface area contributed by atoms with E-state index < -0.39 is 12.1 Å². The van der Waals surface area contributed by atoms with E-state index in [1.165, 1.54) is 27.8 Å². The zero-order valence-corrected chi connectivity index (χ0v) is 21.6. The molecule has 2 atom stereocenters. The number of hydrogen-bond donors (Lipinski definition) is 1. The number of aliphatic carboxylic acids is 1. The number of likely N-dealkylation sites (N-methyl/N-ethyl adjacent to an activating group) is 1. The van der Waals surface area contributed by atoms with Gasteiger partial charge in [0.25, 0.3) is 0 Å². The van der Waals surface area contributed by atoms with Crippen LogP contribution in [-0.4, -0.2) is 48.9 Å². The van der Waals surface area contributed by atoms with Crippen LogP contribution in [0.4, 0.5) is 0 Å². The van der Waals surface area contributed by atoms with Crippen LogP contribution in [0.1, 0.15) is 53.3 Å². The Morgan fingerprint density at radius 2 is 1.67 bits per heavy atom. The number of carboxylic acids is 1. The molecular formula is C31H37NO4. The second-order valence-corrected chi connectivity index (χ2v) is 9.45. The molecule has 0 heterocycles. The second-order valence-electron chi connectivity index (χ2n) is 9.45. The predicted octanol–water partition coefficient (Wildman–Crippen LogP) is 5.48. The van der Waals surface area contributed by atoms with Crippen LogP contribution in [-0.2, 0) is 35.2 Å². The molecule has 0 fully saturated rings. The van der Waals surface area contributed by atoms with Crippen molar-refractivity contribution in [2.75, 3.05) is 26.8 Å². The molecule has 4 rings (SSSR count). The molecule has 190 valence electrons. The van der Waals surface area contributed by atoms with Gasteiger partial charge < -0.3 is 14.6 Å². The SMILES string of the molecule is CCOC(Cc1ccc(OCCN(C)C2c3ccccc3CCc3cc(CC)ccc32)cc1)C(=O)O. The van der Waals surface area contributed by atoms with Gasteiger partial charge in [-0.3, -0.25) is 4.90 Å². The van der Waals surface area contributed by atoms with Crippen molar-refractivity contribution in [3.63, 3.8) is 0 Å². The molecule has 5 heteroatoms. The van der Waals surface area contributed by atoms with Gasteiger partial charge in [0.15, 0.2) is 6.10 Å². The van der Waals surface area contributed by atoms with Gasteiger partial charge >= 0.3 is 5.97 Å². The fourth-order valence-corrected chi connectivity index (χ4v) is 5.09. The lowest BCUT2D eigenvalue weighted by molar-refractivity contribution is -0.149. The molecule has 1 aliphatic rings. The Morgan fingerprint density at radius 3 is 2.39 bits per heavy atom. The van der Waals surface area contributed by atoms with E-state index in [2.05, 4.69) is 61.3 Å². The van der Waals surface area contributed by atoms with Crippen molar-refractivity contribution < 1.29 is 19.4 Å². The molecule has 36 heavy (non-hydrogen) atoms. The molecule has 0 saturated carbocycles. The molecule has 0 spiro atoms. The molecule has 1 aliphatic carbocycles. The summed E-state index contributed by atoms with van der Waals surface area (Å²) < 4.78 is 11.4. The first-order chi connectivity index (χ1) is 17.5. The Balaban J connectivity index is 1.43. The zero-order chi connectivity index (χ0) is 25.5. The Hall–Kier alpha value is -3.15. The normalized spacial score (nSPS) is 15.6. The maximum absolute atomic E-state index is 11.3. The topological polar surface area (TPSA) is 59.0 Å². The molecular weight excluding hydrogens is 450 g/mol. The Labute approximate surface area is 214 Å². The molecule has 0 aliphatic heterocycles. The summed E-state index contributed by atoms with van der Waals surface area (Å²) in [4.78, 5) is 13.7. The van der Waals surface area contributed by atoms with Crippen molar-refractivity contribution in [3.8, 4) is 5.75 Å². The average Bonchev–Trinajstić information content (AvgIpc) is 3.05. The molecule has 3 aromatic carbocycles. The van der Waals surface area contributed by atoms with E-state index in [9.17, 15) is 9.90 Å². The summed E-state index contributed by atoms with van der Waals surface area (Å²) in [6, 6.07) is 23.6. The Morgan fingerprint density at radius 1 is 0.972 bits per heavy atom. The lowest BCUT2D eigenvalue weighted by Crippen LogP contribution is -2.30. The summed E-state index contributed by atoms with van der Waals surface area (Å²) in [5, 5.41) is 9.31. The van der Waals surface area contributed by atoms with Gasteiger partial charge in [-0.1, -0.05) is 61.5 Å². The molecule has 0 saturated heterocycles. The molecule has 5 nitrogen and oxygen atoms in total. The van der Waals surface area contributed by atoms with Gasteiger partial charge in [-0.05, 0) is 78.7 Å². The maximum atomic E-state index is 11.3. The van der Waals surface area contributed by atoms with Crippen LogP contribution in [0.3, 0.4) is 0 Å². The van der Waals surface area contributed by atoms with Gasteiger partial charge in [-0.25, -0.2) is 4.79 Å². The van der Waals surface area contributed by atoms with Crippen LogP contribution >= 0.6 is 0 Å². The zero-order valence-electron chi connectivity index (χ0n) is 21.6. The van der Waals surface area contributed by atoms with Crippen LogP contribution in [0.5, 0.6) is 5.75 Å². The number of carbonyl (C=O) groups is 1. The van der Waals surface area contributed by atoms with Crippen LogP contribution in [0.15, 0.2) is 66.7 Å². The van der Waals surface area contributed by atoms with Gasteiger partial charge in [0.2, 0.25) is 0 Å². The third-order valence-electron chi connectivity index (χ3n) is 7.06. The van der Waals surface area contributed by atoms with E-state index in [1.807, 2.05) is 24.3 Å². The quantitative estimate of drug-likeness (QED) is 0.388. The molecule has 0 bridgehead atoms. The van der Waals surface area contributed by atoms with Gasteiger partial charge in [0.1, 0.15) is 12.4 Å². The summed E-state index contributed by atoms with van der Waals surface area (Å²) in [6.07, 6.45) is 2.70. The summed E-state index contributed by atoms with van der Waals surface area (Å²) in [6.45, 7) is 5.73. The fourth-order valence-electron chi connectivity index (χ4n) is 5.09. The second kappa shape index (κ2) is 12.2. The molecule has 1 N–H and O–H groups in total. The van der Waals surface area contributed by atoms with Gasteiger partial charge in [-0.2, -0.15) is 0 Å². The fraction of sp³-hybridized carbons (Fsp3) is 0.387. The van der Waals surface area contributed by atoms with Crippen molar-refractivity contribution >= 4 is 5.97 Å². The number of hydrogen-bond acceptors (Lipinski definition) is 4. The van der Waals surface area contributed by atoms with Crippen LogP contribution in [0.25, 0.3) is 0 Å². The van der Waals surface area contributed by atoms with Gasteiger partial charge in [-0.15, -0.1) is 0 Å². The monoisotopic (exact) mass is 487 g/mol. The third kappa shape index (κ3) is 6.15. The molecule has 2 unspecified atom stereocenters. The summed E-state index contributed by atoms with van der Waals surface area (Å²) >= 11 is 0. The van der Waals surface area contributed by atoms with E-state index in [1.54, 1.807) is 6.92 Å². The lowest BCUT2D eigenvalue weighted by Gasteiger charge is -2.30. The van der Waals surface area contributed by atoms with E-state index in [0.29, 0.717) is 19.6 Å². The van der Waals surface area contributed by atoms with Crippen molar-refractivity contribution in [2.24, 2.45) is 0 Å². The highest BCUT2D eigenvalue weighted by molar-refractivity contribution is 5.72. The predicted molar refractivity (Wildman–Crippen MR) is 143 cm³/mol. The molecule has 3 aromatic rings. The molecule has 0 amide bonds. The number of fused-ring (bicyclic) bond motifs is 2. The van der Waals surface area contributed by atoms with Crippen LogP contribution in [0, 0.1) is 0 Å². The summed E-state index contributed by atoms with van der Waals surface area (Å²) in [5.41, 5.74) is 7.96. The Kier molecular flexibility index (Phi) is 8.79. The van der Waals surface area contributed by atoms with Crippen LogP contribution in [0.2, 0.25) is 0 Å². The van der Waals surface area contributed by atoms with Crippen LogP contribution < -0.4 is 4.74 Å². The third-order valence-corrected chi connectivity index (χ3v) is 7.06. The highest BCUT2D eigenvalue weighted by Gasteiger charge is 2.27. The maximum Gasteiger partial charge on any atom is 0.333 e. The minimum absolute atomic E-state index is 0.196. The van der Waals surface area contributed by atoms with E-state index in [0.717, 1.165) is 37.1 Å². The highest BCUT2D eigenvalue weighted by atomic mass is 16.5. The summed E-state index contributed by atoms with van der Waals surface area (Å²) in [5.74, 6) is -0.155. The number of benzene rings is 3. The number of rotatable bonds is 11. The van der Waals surface area contributed by atoms with Crippen molar-refractivity contribution in [1.82, 2.24) is 4.90 Å². The first-order valence-corrected chi connectivity index (χ1v) is 13.0. The van der Waals surface area contributed by atoms with E-state index in [4.69, 9.17) is 9.47 Å². The molecule has 0 aromatic heterocycles. The van der Waals surface area contributed by atoms with Gasteiger partial charge in [0.05, 0.1) is 6.04 Å². The smallest absolute Gasteiger partial charge is 0.333 e.